The second-order valence-electron chi connectivity index (χ2n) is 5.08. The summed E-state index contributed by atoms with van der Waals surface area (Å²) in [6.45, 7) is 4.02. The Bertz CT molecular complexity index is 812. The van der Waals surface area contributed by atoms with Crippen LogP contribution in [0.1, 0.15) is 11.1 Å². The van der Waals surface area contributed by atoms with E-state index >= 15 is 0 Å². The molecular formula is C17H12ClNO2. The molecule has 0 aromatic heterocycles. The van der Waals surface area contributed by atoms with Gasteiger partial charge < -0.3 is 15.2 Å². The van der Waals surface area contributed by atoms with Gasteiger partial charge in [0.15, 0.2) is 0 Å². The van der Waals surface area contributed by atoms with Gasteiger partial charge in [-0.05, 0) is 23.3 Å². The number of hydrogen-bond donors (Lipinski definition) is 2. The van der Waals surface area contributed by atoms with Crippen LogP contribution in [-0.2, 0) is 5.79 Å². The first-order valence-corrected chi connectivity index (χ1v) is 6.96. The lowest BCUT2D eigenvalue weighted by molar-refractivity contribution is -0.115. The number of hydrogen-bond acceptors (Lipinski definition) is 3. The number of ether oxygens (including phenoxy) is 1. The molecule has 1 aliphatic heterocycles. The number of aliphatic hydroxyl groups is 1. The van der Waals surface area contributed by atoms with Gasteiger partial charge >= 0.3 is 0 Å². The van der Waals surface area contributed by atoms with E-state index in [-0.39, 0.29) is 0 Å². The van der Waals surface area contributed by atoms with Crippen molar-refractivity contribution in [2.45, 2.75) is 5.79 Å². The molecule has 0 amide bonds. The highest BCUT2D eigenvalue weighted by atomic mass is 35.5. The van der Waals surface area contributed by atoms with Gasteiger partial charge in [0.2, 0.25) is 0 Å². The largest absolute Gasteiger partial charge is 0.450 e. The monoisotopic (exact) mass is 297 g/mol. The van der Waals surface area contributed by atoms with Gasteiger partial charge in [0.1, 0.15) is 11.4 Å². The molecule has 2 N–H and O–H groups in total. The van der Waals surface area contributed by atoms with E-state index in [4.69, 9.17) is 16.3 Å². The molecular weight excluding hydrogens is 286 g/mol. The predicted octanol–water partition coefficient (Wildman–Crippen LogP) is 3.81. The van der Waals surface area contributed by atoms with Crippen LogP contribution in [0.2, 0.25) is 0 Å². The molecule has 0 radical (unpaired) electrons. The molecule has 3 nitrogen and oxygen atoms in total. The van der Waals surface area contributed by atoms with E-state index in [2.05, 4.69) is 11.9 Å². The Hall–Kier alpha value is -2.23. The zero-order valence-electron chi connectivity index (χ0n) is 11.1. The first-order chi connectivity index (χ1) is 10.1. The van der Waals surface area contributed by atoms with Crippen LogP contribution < -0.4 is 10.1 Å². The molecule has 4 heteroatoms. The Labute approximate surface area is 127 Å². The van der Waals surface area contributed by atoms with Gasteiger partial charge in [-0.3, -0.25) is 0 Å². The van der Waals surface area contributed by atoms with Crippen LogP contribution >= 0.6 is 11.6 Å². The van der Waals surface area contributed by atoms with E-state index in [1.54, 1.807) is 6.07 Å². The minimum atomic E-state index is -1.62. The minimum Gasteiger partial charge on any atom is -0.450 e. The van der Waals surface area contributed by atoms with Crippen molar-refractivity contribution in [2.75, 3.05) is 5.32 Å². The van der Waals surface area contributed by atoms with Gasteiger partial charge in [0, 0.05) is 5.56 Å². The van der Waals surface area contributed by atoms with Crippen LogP contribution in [0.3, 0.4) is 0 Å². The van der Waals surface area contributed by atoms with Crippen molar-refractivity contribution in [1.29, 1.82) is 0 Å². The third kappa shape index (κ3) is 1.59. The van der Waals surface area contributed by atoms with E-state index in [1.807, 2.05) is 42.5 Å². The molecule has 2 aromatic carbocycles. The molecule has 0 bridgehead atoms. The normalized spacial score (nSPS) is 22.7. The molecule has 0 saturated heterocycles. The topological polar surface area (TPSA) is 41.5 Å². The molecule has 1 aliphatic carbocycles. The summed E-state index contributed by atoms with van der Waals surface area (Å²) in [4.78, 5) is 0. The first-order valence-electron chi connectivity index (χ1n) is 6.58. The predicted molar refractivity (Wildman–Crippen MR) is 82.9 cm³/mol. The number of allylic oxidation sites excluding steroid dienone is 2. The van der Waals surface area contributed by atoms with E-state index in [0.717, 1.165) is 11.3 Å². The standard InChI is InChI=1S/C17H12ClNO2/c1-10-11-6-2-3-7-12(11)17(20)16(15(10)18)19-13-8-4-5-9-14(13)21-17/h2-9,19-20H,1H2. The summed E-state index contributed by atoms with van der Waals surface area (Å²) in [5, 5.41) is 14.7. The lowest BCUT2D eigenvalue weighted by atomic mass is 9.85. The number of fused-ring (bicyclic) bond motifs is 4. The lowest BCUT2D eigenvalue weighted by Crippen LogP contribution is -2.44. The van der Waals surface area contributed by atoms with Crippen LogP contribution in [0, 0.1) is 0 Å². The quantitative estimate of drug-likeness (QED) is 0.777. The maximum Gasteiger partial charge on any atom is 0.279 e. The Morgan fingerprint density at radius 3 is 2.67 bits per heavy atom. The fraction of sp³-hybridized carbons (Fsp3) is 0.0588. The Kier molecular flexibility index (Phi) is 2.46. The van der Waals surface area contributed by atoms with E-state index < -0.39 is 5.79 Å². The molecule has 1 heterocycles. The second kappa shape index (κ2) is 4.13. The number of halogens is 1. The van der Waals surface area contributed by atoms with Crippen LogP contribution in [0.25, 0.3) is 5.57 Å². The van der Waals surface area contributed by atoms with Crippen molar-refractivity contribution in [3.63, 3.8) is 0 Å². The maximum absolute atomic E-state index is 11.1. The number of anilines is 1. The van der Waals surface area contributed by atoms with Crippen LogP contribution in [0.15, 0.2) is 65.8 Å². The summed E-state index contributed by atoms with van der Waals surface area (Å²) in [5.41, 5.74) is 3.27. The second-order valence-corrected chi connectivity index (χ2v) is 5.46. The molecule has 0 spiro atoms. The van der Waals surface area contributed by atoms with Crippen molar-refractivity contribution >= 4 is 22.9 Å². The molecule has 0 fully saturated rings. The molecule has 104 valence electrons. The summed E-state index contributed by atoms with van der Waals surface area (Å²) in [6, 6.07) is 14.8. The van der Waals surface area contributed by atoms with Crippen molar-refractivity contribution in [1.82, 2.24) is 0 Å². The number of para-hydroxylation sites is 2. The number of benzene rings is 2. The van der Waals surface area contributed by atoms with Gasteiger partial charge in [-0.1, -0.05) is 54.6 Å². The third-order valence-electron chi connectivity index (χ3n) is 3.84. The van der Waals surface area contributed by atoms with E-state index in [1.165, 1.54) is 0 Å². The molecule has 4 rings (SSSR count). The fourth-order valence-corrected chi connectivity index (χ4v) is 3.07. The van der Waals surface area contributed by atoms with Crippen LogP contribution in [0.5, 0.6) is 5.75 Å². The molecule has 1 atom stereocenters. The minimum absolute atomic E-state index is 0.380. The summed E-state index contributed by atoms with van der Waals surface area (Å²) in [6.07, 6.45) is 0. The maximum atomic E-state index is 11.1. The smallest absolute Gasteiger partial charge is 0.279 e. The highest BCUT2D eigenvalue weighted by Crippen LogP contribution is 2.50. The highest BCUT2D eigenvalue weighted by Gasteiger charge is 2.47. The Balaban J connectivity index is 2.01. The van der Waals surface area contributed by atoms with Crippen molar-refractivity contribution in [2.24, 2.45) is 0 Å². The molecule has 2 aliphatic rings. The average molecular weight is 298 g/mol. The molecule has 2 aromatic rings. The van der Waals surface area contributed by atoms with Crippen molar-refractivity contribution in [3.05, 3.63) is 77.0 Å². The van der Waals surface area contributed by atoms with E-state index in [9.17, 15) is 5.11 Å². The number of nitrogens with one attached hydrogen (secondary N) is 1. The van der Waals surface area contributed by atoms with Crippen molar-refractivity contribution in [3.8, 4) is 5.75 Å². The Morgan fingerprint density at radius 1 is 1.10 bits per heavy atom. The molecule has 0 saturated carbocycles. The first kappa shape index (κ1) is 12.5. The Morgan fingerprint density at radius 2 is 1.81 bits per heavy atom. The SMILES string of the molecule is C=C1C(Cl)=C2Nc3ccccc3OC2(O)c2ccccc21. The third-order valence-corrected chi connectivity index (χ3v) is 4.26. The van der Waals surface area contributed by atoms with Gasteiger partial charge in [-0.2, -0.15) is 0 Å². The molecule has 1 unspecified atom stereocenters. The van der Waals surface area contributed by atoms with Crippen LogP contribution in [-0.4, -0.2) is 5.11 Å². The lowest BCUT2D eigenvalue weighted by Gasteiger charge is -2.41. The van der Waals surface area contributed by atoms with Crippen LogP contribution in [0.4, 0.5) is 5.69 Å². The number of rotatable bonds is 0. The highest BCUT2D eigenvalue weighted by molar-refractivity contribution is 6.38. The molecule has 21 heavy (non-hydrogen) atoms. The van der Waals surface area contributed by atoms with Gasteiger partial charge in [0.05, 0.1) is 10.7 Å². The van der Waals surface area contributed by atoms with E-state index in [0.29, 0.717) is 27.6 Å². The zero-order valence-corrected chi connectivity index (χ0v) is 11.8. The summed E-state index contributed by atoms with van der Waals surface area (Å²) >= 11 is 6.40. The summed E-state index contributed by atoms with van der Waals surface area (Å²) in [5.74, 6) is -1.04. The van der Waals surface area contributed by atoms with Crippen molar-refractivity contribution < 1.29 is 9.84 Å². The summed E-state index contributed by atoms with van der Waals surface area (Å²) in [7, 11) is 0. The summed E-state index contributed by atoms with van der Waals surface area (Å²) < 4.78 is 5.88. The zero-order chi connectivity index (χ0) is 14.6. The van der Waals surface area contributed by atoms with Gasteiger partial charge in [-0.25, -0.2) is 0 Å². The van der Waals surface area contributed by atoms with Gasteiger partial charge in [0.25, 0.3) is 5.79 Å². The van der Waals surface area contributed by atoms with Gasteiger partial charge in [-0.15, -0.1) is 0 Å². The average Bonchev–Trinajstić information content (AvgIpc) is 2.52. The fourth-order valence-electron chi connectivity index (χ4n) is 2.79.